The number of esters is 1. The number of nitrogens with zero attached hydrogens (tertiary/aromatic N) is 1. The Kier molecular flexibility index (Phi) is 3.66. The van der Waals surface area contributed by atoms with E-state index in [4.69, 9.17) is 4.74 Å². The van der Waals surface area contributed by atoms with Crippen molar-refractivity contribution in [1.82, 2.24) is 15.5 Å². The number of ether oxygens (including phenoxy) is 1. The predicted octanol–water partition coefficient (Wildman–Crippen LogP) is 1.76. The van der Waals surface area contributed by atoms with E-state index in [9.17, 15) is 9.59 Å². The lowest BCUT2D eigenvalue weighted by molar-refractivity contribution is -0.146. The zero-order valence-corrected chi connectivity index (χ0v) is 12.3. The molecule has 2 aromatic rings. The Morgan fingerprint density at radius 1 is 1.36 bits per heavy atom. The van der Waals surface area contributed by atoms with Crippen LogP contribution in [-0.2, 0) is 9.53 Å². The second-order valence-electron chi connectivity index (χ2n) is 5.49. The molecule has 1 aromatic carbocycles. The summed E-state index contributed by atoms with van der Waals surface area (Å²) in [7, 11) is 1.37. The van der Waals surface area contributed by atoms with Crippen molar-refractivity contribution in [3.63, 3.8) is 0 Å². The molecule has 6 heteroatoms. The topological polar surface area (TPSA) is 84.1 Å². The van der Waals surface area contributed by atoms with Crippen molar-refractivity contribution in [2.45, 2.75) is 12.8 Å². The number of carbonyl (C=O) groups is 2. The van der Waals surface area contributed by atoms with Gasteiger partial charge in [0.05, 0.1) is 18.7 Å². The van der Waals surface area contributed by atoms with E-state index in [-0.39, 0.29) is 11.9 Å². The van der Waals surface area contributed by atoms with Crippen LogP contribution in [0.25, 0.3) is 11.1 Å². The molecule has 0 spiro atoms. The van der Waals surface area contributed by atoms with Crippen LogP contribution in [0.15, 0.2) is 36.7 Å². The standard InChI is InChI=1S/C16H17N3O3/c1-22-15(21)16(6-7-16)10-17-14(20)13-5-3-2-4-12(13)11-8-18-19-9-11/h2-5,8-9H,6-7,10H2,1H3,(H,17,20)(H,18,19). The van der Waals surface area contributed by atoms with Crippen molar-refractivity contribution in [2.75, 3.05) is 13.7 Å². The maximum absolute atomic E-state index is 12.5. The summed E-state index contributed by atoms with van der Waals surface area (Å²) in [5.41, 5.74) is 1.68. The smallest absolute Gasteiger partial charge is 0.313 e. The van der Waals surface area contributed by atoms with Gasteiger partial charge in [-0.25, -0.2) is 0 Å². The Balaban J connectivity index is 1.75. The van der Waals surface area contributed by atoms with Gasteiger partial charge in [-0.05, 0) is 24.5 Å². The maximum atomic E-state index is 12.5. The summed E-state index contributed by atoms with van der Waals surface area (Å²) >= 11 is 0. The molecule has 1 saturated carbocycles. The lowest BCUT2D eigenvalue weighted by Gasteiger charge is -2.14. The minimum atomic E-state index is -0.533. The molecule has 1 amide bonds. The summed E-state index contributed by atoms with van der Waals surface area (Å²) in [4.78, 5) is 24.2. The van der Waals surface area contributed by atoms with E-state index in [2.05, 4.69) is 15.5 Å². The highest BCUT2D eigenvalue weighted by Crippen LogP contribution is 2.46. The van der Waals surface area contributed by atoms with Gasteiger partial charge in [-0.15, -0.1) is 0 Å². The van der Waals surface area contributed by atoms with Crippen LogP contribution in [0.2, 0.25) is 0 Å². The zero-order chi connectivity index (χ0) is 15.6. The first-order valence-corrected chi connectivity index (χ1v) is 7.11. The predicted molar refractivity (Wildman–Crippen MR) is 80.0 cm³/mol. The highest BCUT2D eigenvalue weighted by atomic mass is 16.5. The van der Waals surface area contributed by atoms with E-state index >= 15 is 0 Å². The molecule has 3 rings (SSSR count). The first-order valence-electron chi connectivity index (χ1n) is 7.11. The van der Waals surface area contributed by atoms with Crippen LogP contribution in [0.1, 0.15) is 23.2 Å². The molecule has 0 atom stereocenters. The maximum Gasteiger partial charge on any atom is 0.313 e. The fourth-order valence-corrected chi connectivity index (χ4v) is 2.50. The molecule has 1 heterocycles. The van der Waals surface area contributed by atoms with Gasteiger partial charge >= 0.3 is 5.97 Å². The average Bonchev–Trinajstić information content (AvgIpc) is 3.15. The molecule has 0 unspecified atom stereocenters. The molecule has 0 bridgehead atoms. The number of amides is 1. The molecule has 1 aromatic heterocycles. The van der Waals surface area contributed by atoms with Gasteiger partial charge < -0.3 is 10.1 Å². The number of nitrogens with one attached hydrogen (secondary N) is 2. The normalized spacial score (nSPS) is 15.1. The molecule has 0 saturated heterocycles. The number of benzene rings is 1. The van der Waals surface area contributed by atoms with Crippen molar-refractivity contribution in [3.8, 4) is 11.1 Å². The first kappa shape index (κ1) is 14.3. The molecule has 0 aliphatic heterocycles. The lowest BCUT2D eigenvalue weighted by atomic mass is 10.0. The van der Waals surface area contributed by atoms with Crippen molar-refractivity contribution in [2.24, 2.45) is 5.41 Å². The van der Waals surface area contributed by atoms with E-state index in [0.717, 1.165) is 24.0 Å². The summed E-state index contributed by atoms with van der Waals surface area (Å²) in [5.74, 6) is -0.456. The van der Waals surface area contributed by atoms with Gasteiger partial charge in [0, 0.05) is 23.9 Å². The van der Waals surface area contributed by atoms with E-state index in [0.29, 0.717) is 12.1 Å². The number of aromatic amines is 1. The second kappa shape index (κ2) is 5.63. The average molecular weight is 299 g/mol. The van der Waals surface area contributed by atoms with Crippen molar-refractivity contribution in [1.29, 1.82) is 0 Å². The van der Waals surface area contributed by atoms with Crippen LogP contribution in [-0.4, -0.2) is 35.7 Å². The number of hydrogen-bond acceptors (Lipinski definition) is 4. The van der Waals surface area contributed by atoms with Crippen LogP contribution in [0.5, 0.6) is 0 Å². The monoisotopic (exact) mass is 299 g/mol. The third-order valence-corrected chi connectivity index (χ3v) is 4.04. The summed E-state index contributed by atoms with van der Waals surface area (Å²) in [6.07, 6.45) is 4.92. The molecular weight excluding hydrogens is 282 g/mol. The van der Waals surface area contributed by atoms with Gasteiger partial charge in [0.15, 0.2) is 0 Å². The number of H-pyrrole nitrogens is 1. The minimum absolute atomic E-state index is 0.202. The molecule has 0 radical (unpaired) electrons. The molecule has 114 valence electrons. The third-order valence-electron chi connectivity index (χ3n) is 4.04. The second-order valence-corrected chi connectivity index (χ2v) is 5.49. The van der Waals surface area contributed by atoms with Crippen molar-refractivity contribution < 1.29 is 14.3 Å². The highest BCUT2D eigenvalue weighted by Gasteiger charge is 2.51. The summed E-state index contributed by atoms with van der Waals surface area (Å²) in [6.45, 7) is 0.304. The SMILES string of the molecule is COC(=O)C1(CNC(=O)c2ccccc2-c2cn[nH]c2)CC1. The number of methoxy groups -OCH3 is 1. The molecule has 1 fully saturated rings. The molecule has 6 nitrogen and oxygen atoms in total. The van der Waals surface area contributed by atoms with Crippen LogP contribution in [0, 0.1) is 5.41 Å². The van der Waals surface area contributed by atoms with Crippen LogP contribution < -0.4 is 5.32 Å². The fraction of sp³-hybridized carbons (Fsp3) is 0.312. The molecule has 22 heavy (non-hydrogen) atoms. The Morgan fingerprint density at radius 3 is 2.77 bits per heavy atom. The first-order chi connectivity index (χ1) is 10.7. The Bertz CT molecular complexity index is 690. The molecule has 1 aliphatic carbocycles. The minimum Gasteiger partial charge on any atom is -0.469 e. The van der Waals surface area contributed by atoms with E-state index in [1.165, 1.54) is 7.11 Å². The Labute approximate surface area is 127 Å². The zero-order valence-electron chi connectivity index (χ0n) is 12.3. The summed E-state index contributed by atoms with van der Waals surface area (Å²) in [6, 6.07) is 7.31. The summed E-state index contributed by atoms with van der Waals surface area (Å²) in [5, 5.41) is 9.50. The number of aromatic nitrogens is 2. The molecular formula is C16H17N3O3. The molecule has 1 aliphatic rings. The Hall–Kier alpha value is -2.63. The number of hydrogen-bond donors (Lipinski definition) is 2. The largest absolute Gasteiger partial charge is 0.469 e. The van der Waals surface area contributed by atoms with Gasteiger partial charge in [-0.3, -0.25) is 14.7 Å². The Morgan fingerprint density at radius 2 is 2.14 bits per heavy atom. The van der Waals surface area contributed by atoms with E-state index in [1.807, 2.05) is 18.2 Å². The highest BCUT2D eigenvalue weighted by molar-refractivity contribution is 6.01. The number of carbonyl (C=O) groups excluding carboxylic acids is 2. The van der Waals surface area contributed by atoms with E-state index < -0.39 is 5.41 Å². The lowest BCUT2D eigenvalue weighted by Crippen LogP contribution is -2.35. The number of rotatable bonds is 5. The van der Waals surface area contributed by atoms with E-state index in [1.54, 1.807) is 18.5 Å². The quantitative estimate of drug-likeness (QED) is 0.824. The van der Waals surface area contributed by atoms with Crippen molar-refractivity contribution >= 4 is 11.9 Å². The molecule has 2 N–H and O–H groups in total. The van der Waals surface area contributed by atoms with Gasteiger partial charge in [0.1, 0.15) is 0 Å². The van der Waals surface area contributed by atoms with Crippen LogP contribution >= 0.6 is 0 Å². The van der Waals surface area contributed by atoms with Crippen molar-refractivity contribution in [3.05, 3.63) is 42.2 Å². The third kappa shape index (κ3) is 2.59. The van der Waals surface area contributed by atoms with Gasteiger partial charge in [0.2, 0.25) is 0 Å². The van der Waals surface area contributed by atoms with Crippen LogP contribution in [0.4, 0.5) is 0 Å². The van der Waals surface area contributed by atoms with Gasteiger partial charge in [0.25, 0.3) is 5.91 Å². The van der Waals surface area contributed by atoms with Gasteiger partial charge in [-0.2, -0.15) is 5.10 Å². The van der Waals surface area contributed by atoms with Gasteiger partial charge in [-0.1, -0.05) is 18.2 Å². The van der Waals surface area contributed by atoms with Crippen LogP contribution in [0.3, 0.4) is 0 Å². The fourth-order valence-electron chi connectivity index (χ4n) is 2.50. The summed E-state index contributed by atoms with van der Waals surface area (Å²) < 4.78 is 4.80.